The van der Waals surface area contributed by atoms with Crippen LogP contribution in [0.15, 0.2) is 0 Å². The molecule has 1 rings (SSSR count). The standard InChI is InChI=1S/C9H18O3S/c1-3-13(11,12)9-4-7(2)8(5-9)6-10/h7-10H,3-6H2,1-2H3/t7-,8+,9-/m1/s1. The molecule has 0 amide bonds. The van der Waals surface area contributed by atoms with Gasteiger partial charge in [0, 0.05) is 12.4 Å². The summed E-state index contributed by atoms with van der Waals surface area (Å²) >= 11 is 0. The molecule has 0 aromatic rings. The van der Waals surface area contributed by atoms with E-state index in [1.807, 2.05) is 6.92 Å². The summed E-state index contributed by atoms with van der Waals surface area (Å²) in [6.45, 7) is 3.83. The SMILES string of the molecule is CCS(=O)(=O)[C@H]1C[C@@H](CO)[C@H](C)C1. The van der Waals surface area contributed by atoms with Crippen LogP contribution >= 0.6 is 0 Å². The van der Waals surface area contributed by atoms with E-state index in [2.05, 4.69) is 0 Å². The summed E-state index contributed by atoms with van der Waals surface area (Å²) < 4.78 is 23.1. The van der Waals surface area contributed by atoms with Crippen molar-refractivity contribution in [3.05, 3.63) is 0 Å². The van der Waals surface area contributed by atoms with E-state index >= 15 is 0 Å². The number of rotatable bonds is 3. The zero-order valence-electron chi connectivity index (χ0n) is 8.23. The van der Waals surface area contributed by atoms with Crippen molar-refractivity contribution >= 4 is 9.84 Å². The molecule has 3 nitrogen and oxygen atoms in total. The lowest BCUT2D eigenvalue weighted by atomic mass is 10.00. The van der Waals surface area contributed by atoms with E-state index in [4.69, 9.17) is 5.11 Å². The van der Waals surface area contributed by atoms with E-state index in [1.54, 1.807) is 6.92 Å². The van der Waals surface area contributed by atoms with Crippen LogP contribution in [0.2, 0.25) is 0 Å². The summed E-state index contributed by atoms with van der Waals surface area (Å²) in [5, 5.41) is 8.79. The molecule has 0 aliphatic heterocycles. The Bertz CT molecular complexity index is 258. The number of sulfone groups is 1. The predicted octanol–water partition coefficient (Wildman–Crippen LogP) is 0.828. The Morgan fingerprint density at radius 3 is 2.38 bits per heavy atom. The van der Waals surface area contributed by atoms with Crippen LogP contribution in [0.3, 0.4) is 0 Å². The van der Waals surface area contributed by atoms with Gasteiger partial charge in [-0.15, -0.1) is 0 Å². The molecule has 0 unspecified atom stereocenters. The second-order valence-corrected chi connectivity index (χ2v) is 6.53. The largest absolute Gasteiger partial charge is 0.396 e. The first kappa shape index (κ1) is 11.0. The van der Waals surface area contributed by atoms with Crippen molar-refractivity contribution in [2.75, 3.05) is 12.4 Å². The Kier molecular flexibility index (Phi) is 3.35. The molecule has 1 aliphatic carbocycles. The lowest BCUT2D eigenvalue weighted by Gasteiger charge is -2.09. The smallest absolute Gasteiger partial charge is 0.152 e. The molecule has 0 aromatic heterocycles. The molecule has 0 saturated heterocycles. The van der Waals surface area contributed by atoms with E-state index in [-0.39, 0.29) is 23.5 Å². The summed E-state index contributed by atoms with van der Waals surface area (Å²) in [5.41, 5.74) is 0. The molecule has 78 valence electrons. The van der Waals surface area contributed by atoms with E-state index < -0.39 is 9.84 Å². The molecule has 0 heterocycles. The van der Waals surface area contributed by atoms with Gasteiger partial charge in [0.1, 0.15) is 0 Å². The van der Waals surface area contributed by atoms with Crippen LogP contribution in [0.1, 0.15) is 26.7 Å². The molecular weight excluding hydrogens is 188 g/mol. The number of hydrogen-bond acceptors (Lipinski definition) is 3. The fourth-order valence-electron chi connectivity index (χ4n) is 2.06. The topological polar surface area (TPSA) is 54.4 Å². The maximum atomic E-state index is 11.5. The molecule has 3 atom stereocenters. The van der Waals surface area contributed by atoms with Crippen molar-refractivity contribution in [1.29, 1.82) is 0 Å². The third-order valence-electron chi connectivity index (χ3n) is 3.15. The van der Waals surface area contributed by atoms with Crippen LogP contribution in [0.4, 0.5) is 0 Å². The second kappa shape index (κ2) is 3.96. The minimum absolute atomic E-state index is 0.122. The summed E-state index contributed by atoms with van der Waals surface area (Å²) in [6, 6.07) is 0. The quantitative estimate of drug-likeness (QED) is 0.744. The molecule has 1 aliphatic rings. The van der Waals surface area contributed by atoms with Gasteiger partial charge in [-0.1, -0.05) is 13.8 Å². The molecule has 0 aromatic carbocycles. The monoisotopic (exact) mass is 206 g/mol. The lowest BCUT2D eigenvalue weighted by molar-refractivity contribution is 0.201. The number of aliphatic hydroxyl groups excluding tert-OH is 1. The maximum absolute atomic E-state index is 11.5. The fraction of sp³-hybridized carbons (Fsp3) is 1.00. The highest BCUT2D eigenvalue weighted by atomic mass is 32.2. The molecule has 0 radical (unpaired) electrons. The summed E-state index contributed by atoms with van der Waals surface area (Å²) in [7, 11) is -2.88. The van der Waals surface area contributed by atoms with Gasteiger partial charge in [-0.3, -0.25) is 0 Å². The highest BCUT2D eigenvalue weighted by Crippen LogP contribution is 2.35. The van der Waals surface area contributed by atoms with E-state index in [1.165, 1.54) is 0 Å². The Labute approximate surface area is 80.1 Å². The normalized spacial score (nSPS) is 35.2. The summed E-state index contributed by atoms with van der Waals surface area (Å²) in [6.07, 6.45) is 1.37. The van der Waals surface area contributed by atoms with Crippen LogP contribution in [0.25, 0.3) is 0 Å². The van der Waals surface area contributed by atoms with Gasteiger partial charge in [-0.05, 0) is 24.7 Å². The number of hydrogen-bond donors (Lipinski definition) is 1. The average molecular weight is 206 g/mol. The van der Waals surface area contributed by atoms with Gasteiger partial charge in [0.05, 0.1) is 5.25 Å². The van der Waals surface area contributed by atoms with Crippen LogP contribution in [-0.4, -0.2) is 31.1 Å². The van der Waals surface area contributed by atoms with E-state index in [0.717, 1.165) is 6.42 Å². The van der Waals surface area contributed by atoms with Crippen molar-refractivity contribution in [3.63, 3.8) is 0 Å². The average Bonchev–Trinajstić information content (AvgIpc) is 2.47. The molecule has 1 saturated carbocycles. The maximum Gasteiger partial charge on any atom is 0.152 e. The van der Waals surface area contributed by atoms with Crippen LogP contribution in [-0.2, 0) is 9.84 Å². The van der Waals surface area contributed by atoms with Crippen molar-refractivity contribution in [1.82, 2.24) is 0 Å². The molecule has 1 N–H and O–H groups in total. The highest BCUT2D eigenvalue weighted by Gasteiger charge is 2.37. The Morgan fingerprint density at radius 1 is 1.38 bits per heavy atom. The van der Waals surface area contributed by atoms with Gasteiger partial charge >= 0.3 is 0 Å². The second-order valence-electron chi connectivity index (χ2n) is 3.96. The van der Waals surface area contributed by atoms with Gasteiger partial charge in [-0.2, -0.15) is 0 Å². The third kappa shape index (κ3) is 2.23. The van der Waals surface area contributed by atoms with Crippen molar-refractivity contribution < 1.29 is 13.5 Å². The minimum Gasteiger partial charge on any atom is -0.396 e. The zero-order valence-corrected chi connectivity index (χ0v) is 9.05. The Hall–Kier alpha value is -0.0900. The first-order valence-corrected chi connectivity index (χ1v) is 6.55. The number of aliphatic hydroxyl groups is 1. The summed E-state index contributed by atoms with van der Waals surface area (Å²) in [4.78, 5) is 0. The first-order chi connectivity index (χ1) is 6.01. The Morgan fingerprint density at radius 2 is 2.00 bits per heavy atom. The van der Waals surface area contributed by atoms with E-state index in [0.29, 0.717) is 12.3 Å². The van der Waals surface area contributed by atoms with Crippen molar-refractivity contribution in [2.45, 2.75) is 31.9 Å². The van der Waals surface area contributed by atoms with Gasteiger partial charge in [0.2, 0.25) is 0 Å². The van der Waals surface area contributed by atoms with Crippen molar-refractivity contribution in [3.8, 4) is 0 Å². The first-order valence-electron chi connectivity index (χ1n) is 4.83. The fourth-order valence-corrected chi connectivity index (χ4v) is 3.67. The predicted molar refractivity (Wildman–Crippen MR) is 52.2 cm³/mol. The summed E-state index contributed by atoms with van der Waals surface area (Å²) in [5.74, 6) is 0.755. The zero-order chi connectivity index (χ0) is 10.1. The van der Waals surface area contributed by atoms with Crippen molar-refractivity contribution in [2.24, 2.45) is 11.8 Å². The van der Waals surface area contributed by atoms with Gasteiger partial charge in [-0.25, -0.2) is 8.42 Å². The van der Waals surface area contributed by atoms with Gasteiger partial charge in [0.25, 0.3) is 0 Å². The highest BCUT2D eigenvalue weighted by molar-refractivity contribution is 7.92. The van der Waals surface area contributed by atoms with Gasteiger partial charge in [0.15, 0.2) is 9.84 Å². The molecule has 1 fully saturated rings. The van der Waals surface area contributed by atoms with E-state index in [9.17, 15) is 8.42 Å². The lowest BCUT2D eigenvalue weighted by Crippen LogP contribution is -2.20. The molecule has 0 bridgehead atoms. The van der Waals surface area contributed by atoms with Crippen LogP contribution in [0.5, 0.6) is 0 Å². The van der Waals surface area contributed by atoms with Gasteiger partial charge < -0.3 is 5.11 Å². The molecule has 0 spiro atoms. The molecule has 13 heavy (non-hydrogen) atoms. The third-order valence-corrected chi connectivity index (χ3v) is 5.36. The minimum atomic E-state index is -2.88. The molecular formula is C9H18O3S. The molecule has 4 heteroatoms. The van der Waals surface area contributed by atoms with Crippen LogP contribution < -0.4 is 0 Å². The van der Waals surface area contributed by atoms with Crippen LogP contribution in [0, 0.1) is 11.8 Å². The Balaban J connectivity index is 2.68.